The number of thioether (sulfide) groups is 1. The van der Waals surface area contributed by atoms with Gasteiger partial charge in [0, 0.05) is 22.2 Å². The molecular weight excluding hydrogens is 487 g/mol. The summed E-state index contributed by atoms with van der Waals surface area (Å²) in [4.78, 5) is 4.56. The fourth-order valence-electron chi connectivity index (χ4n) is 8.61. The molecule has 3 aliphatic carbocycles. The fourth-order valence-corrected chi connectivity index (χ4v) is 11.3. The van der Waals surface area contributed by atoms with Crippen LogP contribution in [0, 0.1) is 23.7 Å². The van der Waals surface area contributed by atoms with Crippen LogP contribution in [-0.4, -0.2) is 17.3 Å². The lowest BCUT2D eigenvalue weighted by molar-refractivity contribution is 0.165. The van der Waals surface area contributed by atoms with Gasteiger partial charge in [-0.25, -0.2) is 0 Å². The van der Waals surface area contributed by atoms with Crippen LogP contribution in [0.1, 0.15) is 56.1 Å². The Balaban J connectivity index is 1.12. The minimum absolute atomic E-state index is 0.639. The van der Waals surface area contributed by atoms with Crippen LogP contribution >= 0.6 is 23.1 Å². The maximum atomic E-state index is 2.98. The van der Waals surface area contributed by atoms with E-state index in [2.05, 4.69) is 101 Å². The van der Waals surface area contributed by atoms with Crippen molar-refractivity contribution in [3.05, 3.63) is 95.4 Å². The average Bonchev–Trinajstić information content (AvgIpc) is 3.57. The van der Waals surface area contributed by atoms with Gasteiger partial charge in [-0.15, -0.1) is 23.1 Å². The molecule has 1 nitrogen and oxygen atoms in total. The molecule has 3 heterocycles. The van der Waals surface area contributed by atoms with Gasteiger partial charge in [-0.1, -0.05) is 79.2 Å². The Hall–Kier alpha value is -2.23. The van der Waals surface area contributed by atoms with E-state index in [4.69, 9.17) is 0 Å². The summed E-state index contributed by atoms with van der Waals surface area (Å²) in [6.45, 7) is 0. The number of fused-ring (bicyclic) bond motifs is 5. The molecule has 7 atom stereocenters. The second-order valence-electron chi connectivity index (χ2n) is 11.9. The van der Waals surface area contributed by atoms with Crippen molar-refractivity contribution in [2.75, 3.05) is 4.90 Å². The molecule has 1 aromatic heterocycles. The predicted octanol–water partition coefficient (Wildman–Crippen LogP) is 9.18. The largest absolute Gasteiger partial charge is 0.355 e. The molecule has 8 rings (SSSR count). The van der Waals surface area contributed by atoms with E-state index in [0.29, 0.717) is 5.92 Å². The smallest absolute Gasteiger partial charge is 0.105 e. The van der Waals surface area contributed by atoms with Crippen molar-refractivity contribution < 1.29 is 0 Å². The molecule has 0 bridgehead atoms. The predicted molar refractivity (Wildman–Crippen MR) is 159 cm³/mol. The van der Waals surface area contributed by atoms with Crippen LogP contribution in [0.3, 0.4) is 0 Å². The van der Waals surface area contributed by atoms with Gasteiger partial charge < -0.3 is 4.90 Å². The average molecular weight is 522 g/mol. The normalized spacial score (nSPS) is 34.2. The molecule has 3 aromatic rings. The Morgan fingerprint density at radius 1 is 0.784 bits per heavy atom. The molecular formula is C34H35NS2. The fraction of sp³-hybridized carbons (Fsp3) is 0.412. The summed E-state index contributed by atoms with van der Waals surface area (Å²) in [5.41, 5.74) is 5.72. The second kappa shape index (κ2) is 9.20. The van der Waals surface area contributed by atoms with Crippen LogP contribution in [0.25, 0.3) is 11.1 Å². The van der Waals surface area contributed by atoms with E-state index >= 15 is 0 Å². The molecule has 1 saturated heterocycles. The van der Waals surface area contributed by atoms with E-state index in [1.54, 1.807) is 9.90 Å². The lowest BCUT2D eigenvalue weighted by Gasteiger charge is -2.44. The maximum Gasteiger partial charge on any atom is 0.105 e. The van der Waals surface area contributed by atoms with Crippen molar-refractivity contribution in [2.45, 2.75) is 67.2 Å². The molecule has 37 heavy (non-hydrogen) atoms. The van der Waals surface area contributed by atoms with E-state index in [-0.39, 0.29) is 0 Å². The number of allylic oxidation sites excluding steroid dienone is 4. The van der Waals surface area contributed by atoms with Gasteiger partial charge in [-0.05, 0) is 95.9 Å². The summed E-state index contributed by atoms with van der Waals surface area (Å²) in [6.07, 6.45) is 14.8. The third kappa shape index (κ3) is 3.80. The summed E-state index contributed by atoms with van der Waals surface area (Å²) in [6, 6.07) is 26.2. The van der Waals surface area contributed by atoms with Gasteiger partial charge in [0.05, 0.1) is 0 Å². The Morgan fingerprint density at radius 3 is 2.43 bits per heavy atom. The van der Waals surface area contributed by atoms with Crippen molar-refractivity contribution in [2.24, 2.45) is 23.7 Å². The standard InChI is InChI=1S/C34H35NS2/c1-3-8-22(9-4-1)25-18-26(23-10-5-2-6-11-23)20-27(19-25)24-14-15-30-29(21-24)28-12-7-13-31-33(28)35(30)34-32(37-31)16-17-36-34/h1-6,8-11,16-19,24,27-31,33H,7,12-15,20-21H2. The van der Waals surface area contributed by atoms with Crippen molar-refractivity contribution in [1.29, 1.82) is 0 Å². The zero-order valence-electron chi connectivity index (χ0n) is 21.3. The van der Waals surface area contributed by atoms with Gasteiger partial charge in [0.15, 0.2) is 0 Å². The first-order valence-electron chi connectivity index (χ1n) is 14.4. The molecule has 7 unspecified atom stereocenters. The highest BCUT2D eigenvalue weighted by Crippen LogP contribution is 2.60. The summed E-state index contributed by atoms with van der Waals surface area (Å²) in [7, 11) is 0. The first-order valence-corrected chi connectivity index (χ1v) is 16.1. The van der Waals surface area contributed by atoms with Gasteiger partial charge in [0.2, 0.25) is 0 Å². The monoisotopic (exact) mass is 521 g/mol. The van der Waals surface area contributed by atoms with Crippen LogP contribution in [0.4, 0.5) is 5.00 Å². The number of benzene rings is 2. The van der Waals surface area contributed by atoms with Gasteiger partial charge >= 0.3 is 0 Å². The van der Waals surface area contributed by atoms with E-state index in [1.165, 1.54) is 67.2 Å². The summed E-state index contributed by atoms with van der Waals surface area (Å²) in [5, 5.41) is 4.78. The maximum absolute atomic E-state index is 2.98. The number of rotatable bonds is 3. The molecule has 188 valence electrons. The highest BCUT2D eigenvalue weighted by molar-refractivity contribution is 8.00. The second-order valence-corrected chi connectivity index (χ2v) is 14.1. The zero-order valence-corrected chi connectivity index (χ0v) is 23.0. The van der Waals surface area contributed by atoms with Gasteiger partial charge in [-0.3, -0.25) is 0 Å². The quantitative estimate of drug-likeness (QED) is 0.338. The van der Waals surface area contributed by atoms with Crippen LogP contribution in [0.5, 0.6) is 0 Å². The third-order valence-corrected chi connectivity index (χ3v) is 12.6. The SMILES string of the molecule is C1=C(c2ccccc2)C=C(c2ccccc2)CC1C1CCC2C(C1)C1CCCC3Sc4ccsc4N2C31. The molecule has 2 aliphatic heterocycles. The Labute approximate surface area is 229 Å². The third-order valence-electron chi connectivity index (χ3n) is 10.1. The molecule has 3 heteroatoms. The van der Waals surface area contributed by atoms with E-state index in [9.17, 15) is 0 Å². The van der Waals surface area contributed by atoms with E-state index in [1.807, 2.05) is 11.3 Å². The number of anilines is 1. The number of hydrogen-bond acceptors (Lipinski definition) is 3. The van der Waals surface area contributed by atoms with Gasteiger partial charge in [0.1, 0.15) is 5.00 Å². The molecule has 0 spiro atoms. The number of thiophene rings is 1. The summed E-state index contributed by atoms with van der Waals surface area (Å²) < 4.78 is 0. The first-order chi connectivity index (χ1) is 18.3. The molecule has 0 radical (unpaired) electrons. The van der Waals surface area contributed by atoms with Gasteiger partial charge in [0.25, 0.3) is 0 Å². The minimum Gasteiger partial charge on any atom is -0.355 e. The molecule has 0 N–H and O–H groups in total. The van der Waals surface area contributed by atoms with Crippen molar-refractivity contribution in [1.82, 2.24) is 0 Å². The highest BCUT2D eigenvalue weighted by Gasteiger charge is 2.57. The van der Waals surface area contributed by atoms with E-state index < -0.39 is 0 Å². The highest BCUT2D eigenvalue weighted by atomic mass is 32.2. The molecule has 3 fully saturated rings. The summed E-state index contributed by atoms with van der Waals surface area (Å²) in [5.74, 6) is 3.21. The zero-order chi connectivity index (χ0) is 24.3. The van der Waals surface area contributed by atoms with Crippen LogP contribution in [0.15, 0.2) is 89.2 Å². The topological polar surface area (TPSA) is 3.24 Å². The molecule has 2 saturated carbocycles. The first kappa shape index (κ1) is 22.7. The van der Waals surface area contributed by atoms with Crippen LogP contribution in [-0.2, 0) is 0 Å². The van der Waals surface area contributed by atoms with Crippen LogP contribution in [0.2, 0.25) is 0 Å². The Kier molecular flexibility index (Phi) is 5.65. The molecule has 0 amide bonds. The Morgan fingerprint density at radius 2 is 1.59 bits per heavy atom. The number of nitrogens with zero attached hydrogens (tertiary/aromatic N) is 1. The lowest BCUT2D eigenvalue weighted by Crippen LogP contribution is -2.48. The minimum atomic E-state index is 0.639. The molecule has 5 aliphatic rings. The molecule has 2 aromatic carbocycles. The van der Waals surface area contributed by atoms with Gasteiger partial charge in [-0.2, -0.15) is 0 Å². The van der Waals surface area contributed by atoms with Crippen molar-refractivity contribution in [3.8, 4) is 0 Å². The Bertz CT molecular complexity index is 1340. The van der Waals surface area contributed by atoms with Crippen LogP contribution < -0.4 is 4.90 Å². The summed E-state index contributed by atoms with van der Waals surface area (Å²) >= 11 is 4.23. The lowest BCUT2D eigenvalue weighted by atomic mass is 9.65. The van der Waals surface area contributed by atoms with E-state index in [0.717, 1.165) is 35.1 Å². The van der Waals surface area contributed by atoms with Crippen molar-refractivity contribution in [3.63, 3.8) is 0 Å². The van der Waals surface area contributed by atoms with Crippen molar-refractivity contribution >= 4 is 39.2 Å². The number of hydrogen-bond donors (Lipinski definition) is 0.